The van der Waals surface area contributed by atoms with Gasteiger partial charge in [0.1, 0.15) is 4.88 Å². The smallest absolute Gasteiger partial charge is 0.345 e. The van der Waals surface area contributed by atoms with E-state index in [9.17, 15) is 9.59 Å². The predicted octanol–water partition coefficient (Wildman–Crippen LogP) is 0.933. The van der Waals surface area contributed by atoms with Gasteiger partial charge < -0.3 is 10.4 Å². The third-order valence-corrected chi connectivity index (χ3v) is 3.44. The zero-order valence-corrected chi connectivity index (χ0v) is 10.9. The number of nitrogens with one attached hydrogen (secondary N) is 1. The Morgan fingerprint density at radius 3 is 2.65 bits per heavy atom. The molecule has 5 nitrogen and oxygen atoms in total. The normalized spacial score (nSPS) is 10.6. The van der Waals surface area contributed by atoms with Crippen LogP contribution < -0.4 is 5.32 Å². The van der Waals surface area contributed by atoms with E-state index >= 15 is 0 Å². The fraction of sp³-hybridized carbons (Fsp3) is 0.455. The Hall–Kier alpha value is -1.40. The molecular weight excluding hydrogens is 240 g/mol. The van der Waals surface area contributed by atoms with Crippen LogP contribution in [0.2, 0.25) is 0 Å². The van der Waals surface area contributed by atoms with E-state index in [2.05, 4.69) is 5.32 Å². The van der Waals surface area contributed by atoms with E-state index in [1.165, 1.54) is 11.3 Å². The molecule has 0 aromatic carbocycles. The van der Waals surface area contributed by atoms with Crippen LogP contribution in [-0.2, 0) is 11.3 Å². The Morgan fingerprint density at radius 1 is 1.53 bits per heavy atom. The highest BCUT2D eigenvalue weighted by Crippen LogP contribution is 2.22. The number of hydrogen-bond acceptors (Lipinski definition) is 4. The third kappa shape index (κ3) is 3.83. The fourth-order valence-corrected chi connectivity index (χ4v) is 2.33. The maximum Gasteiger partial charge on any atom is 0.345 e. The van der Waals surface area contributed by atoms with E-state index < -0.39 is 5.97 Å². The molecule has 0 saturated heterocycles. The SMILES string of the molecule is CNC(=O)CN(C)Cc1cc(C(=O)O)sc1C. The van der Waals surface area contributed by atoms with Gasteiger partial charge in [-0.1, -0.05) is 0 Å². The molecule has 0 aliphatic rings. The van der Waals surface area contributed by atoms with Crippen LogP contribution in [0, 0.1) is 6.92 Å². The van der Waals surface area contributed by atoms with E-state index in [1.54, 1.807) is 13.1 Å². The zero-order valence-electron chi connectivity index (χ0n) is 10.1. The van der Waals surface area contributed by atoms with E-state index in [0.717, 1.165) is 10.4 Å². The second kappa shape index (κ2) is 5.79. The Morgan fingerprint density at radius 2 is 2.18 bits per heavy atom. The molecule has 0 spiro atoms. The van der Waals surface area contributed by atoms with Crippen LogP contribution in [0.25, 0.3) is 0 Å². The Kier molecular flexibility index (Phi) is 4.65. The van der Waals surface area contributed by atoms with Crippen molar-refractivity contribution in [3.05, 3.63) is 21.4 Å². The fourth-order valence-electron chi connectivity index (χ4n) is 1.45. The number of aromatic carboxylic acids is 1. The maximum atomic E-state index is 11.2. The first-order chi connectivity index (χ1) is 7.93. The van der Waals surface area contributed by atoms with Gasteiger partial charge in [-0.15, -0.1) is 11.3 Å². The van der Waals surface area contributed by atoms with Crippen LogP contribution in [-0.4, -0.2) is 42.5 Å². The van der Waals surface area contributed by atoms with Crippen LogP contribution in [0.3, 0.4) is 0 Å². The van der Waals surface area contributed by atoms with E-state index in [-0.39, 0.29) is 5.91 Å². The average Bonchev–Trinajstić information content (AvgIpc) is 2.60. The second-order valence-electron chi connectivity index (χ2n) is 3.84. The number of carboxylic acid groups (broad SMARTS) is 1. The number of likely N-dealkylation sites (N-methyl/N-ethyl adjacent to an activating group) is 2. The number of amides is 1. The van der Waals surface area contributed by atoms with Crippen molar-refractivity contribution in [2.75, 3.05) is 20.6 Å². The molecule has 1 amide bonds. The molecule has 1 heterocycles. The number of carboxylic acids is 1. The summed E-state index contributed by atoms with van der Waals surface area (Å²) in [7, 11) is 3.42. The summed E-state index contributed by atoms with van der Waals surface area (Å²) in [5.74, 6) is -0.961. The summed E-state index contributed by atoms with van der Waals surface area (Å²) >= 11 is 1.26. The molecule has 17 heavy (non-hydrogen) atoms. The van der Waals surface area contributed by atoms with Crippen molar-refractivity contribution in [3.8, 4) is 0 Å². The lowest BCUT2D eigenvalue weighted by Gasteiger charge is -2.15. The van der Waals surface area contributed by atoms with Crippen molar-refractivity contribution in [3.63, 3.8) is 0 Å². The van der Waals surface area contributed by atoms with Gasteiger partial charge in [-0.3, -0.25) is 9.69 Å². The third-order valence-electron chi connectivity index (χ3n) is 2.36. The summed E-state index contributed by atoms with van der Waals surface area (Å²) in [5.41, 5.74) is 0.957. The number of rotatable bonds is 5. The van der Waals surface area contributed by atoms with E-state index in [4.69, 9.17) is 5.11 Å². The molecule has 0 aliphatic carbocycles. The monoisotopic (exact) mass is 256 g/mol. The molecule has 2 N–H and O–H groups in total. The summed E-state index contributed by atoms with van der Waals surface area (Å²) in [4.78, 5) is 25.1. The molecular formula is C11H16N2O3S. The minimum atomic E-state index is -0.904. The lowest BCUT2D eigenvalue weighted by Crippen LogP contribution is -2.32. The molecule has 1 aromatic heterocycles. The molecule has 0 saturated carbocycles. The standard InChI is InChI=1S/C11H16N2O3S/c1-7-8(4-9(17-7)11(15)16)5-13(3)6-10(14)12-2/h4H,5-6H2,1-3H3,(H,12,14)(H,15,16). The quantitative estimate of drug-likeness (QED) is 0.822. The van der Waals surface area contributed by atoms with Gasteiger partial charge in [0, 0.05) is 18.5 Å². The molecule has 0 fully saturated rings. The first-order valence-electron chi connectivity index (χ1n) is 5.15. The molecule has 6 heteroatoms. The minimum Gasteiger partial charge on any atom is -0.477 e. The summed E-state index contributed by atoms with van der Waals surface area (Å²) < 4.78 is 0. The molecule has 0 bridgehead atoms. The second-order valence-corrected chi connectivity index (χ2v) is 5.10. The van der Waals surface area contributed by atoms with Gasteiger partial charge in [0.15, 0.2) is 0 Å². The van der Waals surface area contributed by atoms with Gasteiger partial charge in [0.05, 0.1) is 6.54 Å². The molecule has 0 unspecified atom stereocenters. The zero-order chi connectivity index (χ0) is 13.0. The highest BCUT2D eigenvalue weighted by atomic mass is 32.1. The molecule has 1 aromatic rings. The highest BCUT2D eigenvalue weighted by molar-refractivity contribution is 7.14. The molecule has 1 rings (SSSR count). The van der Waals surface area contributed by atoms with Crippen molar-refractivity contribution < 1.29 is 14.7 Å². The predicted molar refractivity (Wildman–Crippen MR) is 66.4 cm³/mol. The van der Waals surface area contributed by atoms with Gasteiger partial charge in [-0.25, -0.2) is 4.79 Å². The van der Waals surface area contributed by atoms with Gasteiger partial charge in [0.2, 0.25) is 5.91 Å². The maximum absolute atomic E-state index is 11.2. The Balaban J connectivity index is 2.68. The van der Waals surface area contributed by atoms with Crippen LogP contribution in [0.5, 0.6) is 0 Å². The minimum absolute atomic E-state index is 0.0566. The highest BCUT2D eigenvalue weighted by Gasteiger charge is 2.13. The van der Waals surface area contributed by atoms with Gasteiger partial charge in [-0.2, -0.15) is 0 Å². The van der Waals surface area contributed by atoms with E-state index in [0.29, 0.717) is 18.0 Å². The number of hydrogen-bond donors (Lipinski definition) is 2. The van der Waals surface area contributed by atoms with Crippen molar-refractivity contribution >= 4 is 23.2 Å². The summed E-state index contributed by atoms with van der Waals surface area (Å²) in [6.45, 7) is 2.76. The van der Waals surface area contributed by atoms with Crippen molar-refractivity contribution in [1.82, 2.24) is 10.2 Å². The van der Waals surface area contributed by atoms with Gasteiger partial charge in [0.25, 0.3) is 0 Å². The first-order valence-corrected chi connectivity index (χ1v) is 5.97. The largest absolute Gasteiger partial charge is 0.477 e. The lowest BCUT2D eigenvalue weighted by molar-refractivity contribution is -0.121. The molecule has 94 valence electrons. The molecule has 0 aliphatic heterocycles. The first kappa shape index (κ1) is 13.7. The Labute approximate surface area is 104 Å². The van der Waals surface area contributed by atoms with Crippen LogP contribution >= 0.6 is 11.3 Å². The molecule has 0 atom stereocenters. The van der Waals surface area contributed by atoms with Crippen molar-refractivity contribution in [2.45, 2.75) is 13.5 Å². The van der Waals surface area contributed by atoms with Gasteiger partial charge >= 0.3 is 5.97 Å². The number of aryl methyl sites for hydroxylation is 1. The molecule has 0 radical (unpaired) electrons. The summed E-state index contributed by atoms with van der Waals surface area (Å²) in [5, 5.41) is 11.4. The summed E-state index contributed by atoms with van der Waals surface area (Å²) in [6.07, 6.45) is 0. The number of carbonyl (C=O) groups excluding carboxylic acids is 1. The topological polar surface area (TPSA) is 69.6 Å². The van der Waals surface area contributed by atoms with E-state index in [1.807, 2.05) is 18.9 Å². The number of nitrogens with zero attached hydrogens (tertiary/aromatic N) is 1. The Bertz CT molecular complexity index is 428. The summed E-state index contributed by atoms with van der Waals surface area (Å²) in [6, 6.07) is 1.67. The van der Waals surface area contributed by atoms with Crippen LogP contribution in [0.15, 0.2) is 6.07 Å². The van der Waals surface area contributed by atoms with Crippen LogP contribution in [0.4, 0.5) is 0 Å². The number of thiophene rings is 1. The van der Waals surface area contributed by atoms with Crippen molar-refractivity contribution in [1.29, 1.82) is 0 Å². The average molecular weight is 256 g/mol. The lowest BCUT2D eigenvalue weighted by atomic mass is 10.2. The van der Waals surface area contributed by atoms with Crippen LogP contribution in [0.1, 0.15) is 20.1 Å². The van der Waals surface area contributed by atoms with Gasteiger partial charge in [-0.05, 0) is 25.6 Å². The van der Waals surface area contributed by atoms with Crippen molar-refractivity contribution in [2.24, 2.45) is 0 Å². The number of carbonyl (C=O) groups is 2.